The predicted octanol–water partition coefficient (Wildman–Crippen LogP) is 3.95. The van der Waals surface area contributed by atoms with Gasteiger partial charge in [-0.3, -0.25) is 9.59 Å². The number of Topliss-reactive ketones (excluding diaryl/α,β-unsaturated/α-hetero) is 1. The topological polar surface area (TPSA) is 37.4 Å². The summed E-state index contributed by atoms with van der Waals surface area (Å²) in [6.07, 6.45) is 10.3. The summed E-state index contributed by atoms with van der Waals surface area (Å²) in [5, 5.41) is 0. The average molecular weight is 293 g/mol. The zero-order valence-corrected chi connectivity index (χ0v) is 13.8. The Morgan fingerprint density at radius 3 is 2.71 bits per heavy atom. The molecule has 1 saturated heterocycles. The van der Waals surface area contributed by atoms with Crippen LogP contribution in [-0.4, -0.2) is 29.2 Å². The van der Waals surface area contributed by atoms with Crippen molar-refractivity contribution in [3.8, 4) is 0 Å². The van der Waals surface area contributed by atoms with Crippen molar-refractivity contribution >= 4 is 11.7 Å². The van der Waals surface area contributed by atoms with Crippen LogP contribution in [0.1, 0.15) is 78.1 Å². The quantitative estimate of drug-likeness (QED) is 0.743. The van der Waals surface area contributed by atoms with Crippen LogP contribution in [0.5, 0.6) is 0 Å². The van der Waals surface area contributed by atoms with Gasteiger partial charge in [0.15, 0.2) is 0 Å². The molecule has 2 fully saturated rings. The molecule has 0 aromatic heterocycles. The van der Waals surface area contributed by atoms with Crippen LogP contribution in [0.2, 0.25) is 0 Å². The smallest absolute Gasteiger partial charge is 0.225 e. The molecule has 0 bridgehead atoms. The van der Waals surface area contributed by atoms with Crippen LogP contribution in [0.3, 0.4) is 0 Å². The van der Waals surface area contributed by atoms with Crippen LogP contribution in [0.15, 0.2) is 0 Å². The van der Waals surface area contributed by atoms with Crippen molar-refractivity contribution in [2.24, 2.45) is 11.8 Å². The van der Waals surface area contributed by atoms with Gasteiger partial charge in [0.05, 0.1) is 0 Å². The van der Waals surface area contributed by atoms with E-state index in [0.717, 1.165) is 70.8 Å². The van der Waals surface area contributed by atoms with Crippen molar-refractivity contribution in [1.29, 1.82) is 0 Å². The maximum atomic E-state index is 12.9. The van der Waals surface area contributed by atoms with E-state index in [1.54, 1.807) is 0 Å². The van der Waals surface area contributed by atoms with Gasteiger partial charge in [-0.05, 0) is 38.5 Å². The number of nitrogens with zero attached hydrogens (tertiary/aromatic N) is 1. The molecule has 1 saturated carbocycles. The first kappa shape index (κ1) is 16.5. The lowest BCUT2D eigenvalue weighted by Gasteiger charge is -2.35. The van der Waals surface area contributed by atoms with Gasteiger partial charge in [0.2, 0.25) is 5.91 Å². The summed E-state index contributed by atoms with van der Waals surface area (Å²) in [7, 11) is 0. The fraction of sp³-hybridized carbons (Fsp3) is 0.889. The van der Waals surface area contributed by atoms with E-state index in [2.05, 4.69) is 18.7 Å². The molecule has 0 radical (unpaired) electrons. The number of hydrogen-bond donors (Lipinski definition) is 0. The second-order valence-electron chi connectivity index (χ2n) is 6.81. The normalized spacial score (nSPS) is 27.9. The van der Waals surface area contributed by atoms with E-state index in [-0.39, 0.29) is 17.9 Å². The van der Waals surface area contributed by atoms with Crippen LogP contribution < -0.4 is 0 Å². The minimum atomic E-state index is 0.133. The zero-order chi connectivity index (χ0) is 15.2. The first-order chi connectivity index (χ1) is 10.2. The van der Waals surface area contributed by atoms with Crippen molar-refractivity contribution in [1.82, 2.24) is 4.90 Å². The van der Waals surface area contributed by atoms with E-state index in [1.165, 1.54) is 0 Å². The molecule has 3 heteroatoms. The molecule has 21 heavy (non-hydrogen) atoms. The number of rotatable bonds is 6. The number of ketones is 1. The average Bonchev–Trinajstić information content (AvgIpc) is 2.97. The van der Waals surface area contributed by atoms with E-state index in [1.807, 2.05) is 0 Å². The van der Waals surface area contributed by atoms with Crippen molar-refractivity contribution in [3.05, 3.63) is 0 Å². The molecule has 0 N–H and O–H groups in total. The summed E-state index contributed by atoms with van der Waals surface area (Å²) in [4.78, 5) is 27.2. The molecule has 0 aromatic rings. The fourth-order valence-corrected chi connectivity index (χ4v) is 4.09. The molecule has 1 aliphatic carbocycles. The zero-order valence-electron chi connectivity index (χ0n) is 13.8. The lowest BCUT2D eigenvalue weighted by Crippen LogP contribution is -2.46. The number of likely N-dealkylation sites (tertiary alicyclic amines) is 1. The summed E-state index contributed by atoms with van der Waals surface area (Å²) >= 11 is 0. The first-order valence-electron chi connectivity index (χ1n) is 9.02. The predicted molar refractivity (Wildman–Crippen MR) is 85.0 cm³/mol. The first-order valence-corrected chi connectivity index (χ1v) is 9.02. The molecule has 1 heterocycles. The minimum Gasteiger partial charge on any atom is -0.339 e. The summed E-state index contributed by atoms with van der Waals surface area (Å²) in [6.45, 7) is 5.17. The molecule has 1 amide bonds. The van der Waals surface area contributed by atoms with Crippen LogP contribution >= 0.6 is 0 Å². The third-order valence-corrected chi connectivity index (χ3v) is 5.40. The molecule has 120 valence electrons. The van der Waals surface area contributed by atoms with Gasteiger partial charge >= 0.3 is 0 Å². The van der Waals surface area contributed by atoms with E-state index in [4.69, 9.17) is 0 Å². The van der Waals surface area contributed by atoms with Crippen LogP contribution in [0.4, 0.5) is 0 Å². The molecular formula is C18H31NO2. The molecule has 3 atom stereocenters. The van der Waals surface area contributed by atoms with Crippen molar-refractivity contribution < 1.29 is 9.59 Å². The third-order valence-electron chi connectivity index (χ3n) is 5.40. The molecular weight excluding hydrogens is 262 g/mol. The van der Waals surface area contributed by atoms with E-state index >= 15 is 0 Å². The molecule has 2 rings (SSSR count). The summed E-state index contributed by atoms with van der Waals surface area (Å²) in [5.41, 5.74) is 0. The molecule has 0 aromatic carbocycles. The Morgan fingerprint density at radius 1 is 1.24 bits per heavy atom. The highest BCUT2D eigenvalue weighted by molar-refractivity contribution is 5.84. The Balaban J connectivity index is 2.02. The molecule has 3 nitrogen and oxygen atoms in total. The molecule has 1 aliphatic heterocycles. The number of unbranched alkanes of at least 4 members (excludes halogenated alkanes) is 1. The van der Waals surface area contributed by atoms with Gasteiger partial charge in [-0.15, -0.1) is 0 Å². The molecule has 2 aliphatic rings. The monoisotopic (exact) mass is 293 g/mol. The highest BCUT2D eigenvalue weighted by atomic mass is 16.2. The van der Waals surface area contributed by atoms with Gasteiger partial charge in [0.25, 0.3) is 0 Å². The Bertz CT molecular complexity index is 366. The lowest BCUT2D eigenvalue weighted by molar-refractivity contribution is -0.139. The third kappa shape index (κ3) is 3.87. The fourth-order valence-electron chi connectivity index (χ4n) is 4.09. The highest BCUT2D eigenvalue weighted by Gasteiger charge is 2.40. The number of hydrogen-bond acceptors (Lipinski definition) is 2. The molecule has 3 unspecified atom stereocenters. The Hall–Kier alpha value is -0.860. The van der Waals surface area contributed by atoms with E-state index < -0.39 is 0 Å². The summed E-state index contributed by atoms with van der Waals surface area (Å²) < 4.78 is 0. The second kappa shape index (κ2) is 7.95. The van der Waals surface area contributed by atoms with Gasteiger partial charge in [0.1, 0.15) is 5.78 Å². The van der Waals surface area contributed by atoms with Gasteiger partial charge < -0.3 is 4.90 Å². The van der Waals surface area contributed by atoms with Gasteiger partial charge in [-0.1, -0.05) is 33.1 Å². The number of carbonyl (C=O) groups is 2. The second-order valence-corrected chi connectivity index (χ2v) is 6.81. The van der Waals surface area contributed by atoms with E-state index in [0.29, 0.717) is 11.7 Å². The van der Waals surface area contributed by atoms with E-state index in [9.17, 15) is 9.59 Å². The Kier molecular flexibility index (Phi) is 6.25. The maximum absolute atomic E-state index is 12.9. The lowest BCUT2D eigenvalue weighted by atomic mass is 9.81. The Morgan fingerprint density at radius 2 is 2.05 bits per heavy atom. The maximum Gasteiger partial charge on any atom is 0.225 e. The SMILES string of the molecule is CCCCC(CC)C(=O)N1CCCC1C1CCCCC1=O. The number of carbonyl (C=O) groups excluding carboxylic acids is 2. The van der Waals surface area contributed by atoms with Crippen LogP contribution in [0, 0.1) is 11.8 Å². The number of amides is 1. The largest absolute Gasteiger partial charge is 0.339 e. The van der Waals surface area contributed by atoms with Gasteiger partial charge in [-0.25, -0.2) is 0 Å². The summed E-state index contributed by atoms with van der Waals surface area (Å²) in [6, 6.07) is 0.209. The van der Waals surface area contributed by atoms with Crippen molar-refractivity contribution in [3.63, 3.8) is 0 Å². The molecule has 0 spiro atoms. The van der Waals surface area contributed by atoms with Crippen LogP contribution in [0.25, 0.3) is 0 Å². The minimum absolute atomic E-state index is 0.133. The van der Waals surface area contributed by atoms with Crippen molar-refractivity contribution in [2.45, 2.75) is 84.1 Å². The van der Waals surface area contributed by atoms with Crippen molar-refractivity contribution in [2.75, 3.05) is 6.54 Å². The summed E-state index contributed by atoms with van der Waals surface area (Å²) in [5.74, 6) is 1.04. The van der Waals surface area contributed by atoms with Gasteiger partial charge in [-0.2, -0.15) is 0 Å². The standard InChI is InChI=1S/C18H31NO2/c1-3-5-9-14(4-2)18(21)19-13-8-11-16(19)15-10-6-7-12-17(15)20/h14-16H,3-13H2,1-2H3. The highest BCUT2D eigenvalue weighted by Crippen LogP contribution is 2.34. The van der Waals surface area contributed by atoms with Crippen LogP contribution in [-0.2, 0) is 9.59 Å². The van der Waals surface area contributed by atoms with Gasteiger partial charge in [0, 0.05) is 30.8 Å². The Labute approximate surface area is 129 Å².